The molecule has 2 aliphatic rings. The van der Waals surface area contributed by atoms with Crippen molar-refractivity contribution in [3.05, 3.63) is 125 Å². The Bertz CT molecular complexity index is 2330. The molecule has 0 atom stereocenters. The second-order valence-electron chi connectivity index (χ2n) is 11.5. The lowest BCUT2D eigenvalue weighted by Crippen LogP contribution is -1.92. The van der Waals surface area contributed by atoms with E-state index in [0.29, 0.717) is 0 Å². The van der Waals surface area contributed by atoms with Crippen molar-refractivity contribution < 1.29 is 0 Å². The van der Waals surface area contributed by atoms with Crippen LogP contribution in [0.4, 0.5) is 0 Å². The summed E-state index contributed by atoms with van der Waals surface area (Å²) in [5.41, 5.74) is 15.7. The third-order valence-corrected chi connectivity index (χ3v) is 8.09. The highest BCUT2D eigenvalue weighted by molar-refractivity contribution is 5.96. The molecule has 0 spiro atoms. The van der Waals surface area contributed by atoms with E-state index in [2.05, 4.69) is 97.5 Å². The highest BCUT2D eigenvalue weighted by Gasteiger charge is 2.18. The molecule has 0 fully saturated rings. The van der Waals surface area contributed by atoms with Crippen molar-refractivity contribution in [2.75, 3.05) is 0 Å². The van der Waals surface area contributed by atoms with Gasteiger partial charge in [-0.2, -0.15) is 0 Å². The zero-order chi connectivity index (χ0) is 30.5. The number of rotatable bonds is 3. The number of hydrogen-bond acceptors (Lipinski definition) is 5. The third kappa shape index (κ3) is 4.94. The Morgan fingerprint density at radius 3 is 1.40 bits per heavy atom. The number of hydrogen-bond donors (Lipinski definition) is 2. The molecule has 6 aromatic rings. The van der Waals surface area contributed by atoms with Crippen LogP contribution in [0.2, 0.25) is 0 Å². The Morgan fingerprint density at radius 2 is 0.889 bits per heavy atom. The third-order valence-electron chi connectivity index (χ3n) is 8.09. The van der Waals surface area contributed by atoms with Gasteiger partial charge in [-0.15, -0.1) is 0 Å². The number of pyridine rings is 3. The maximum absolute atomic E-state index is 5.25. The first-order valence-electron chi connectivity index (χ1n) is 14.9. The van der Waals surface area contributed by atoms with Crippen molar-refractivity contribution in [2.24, 2.45) is 0 Å². The van der Waals surface area contributed by atoms with E-state index in [1.165, 1.54) is 0 Å². The van der Waals surface area contributed by atoms with Crippen LogP contribution in [-0.2, 0) is 0 Å². The molecular weight excluding hydrogens is 554 g/mol. The molecule has 0 saturated heterocycles. The van der Waals surface area contributed by atoms with Gasteiger partial charge in [-0.3, -0.25) is 15.0 Å². The summed E-state index contributed by atoms with van der Waals surface area (Å²) in [5.74, 6) is 0. The maximum Gasteiger partial charge on any atom is 0.0753 e. The second-order valence-corrected chi connectivity index (χ2v) is 11.5. The van der Waals surface area contributed by atoms with Gasteiger partial charge in [0.1, 0.15) is 0 Å². The van der Waals surface area contributed by atoms with Crippen LogP contribution in [0.15, 0.2) is 85.3 Å². The minimum absolute atomic E-state index is 0.816. The minimum atomic E-state index is 0.816. The van der Waals surface area contributed by atoms with Crippen LogP contribution in [0.25, 0.3) is 80.1 Å². The van der Waals surface area contributed by atoms with Gasteiger partial charge in [0.15, 0.2) is 0 Å². The molecule has 0 saturated carbocycles. The van der Waals surface area contributed by atoms with E-state index in [1.807, 2.05) is 42.9 Å². The lowest BCUT2D eigenvalue weighted by Gasteiger charge is -2.06. The first kappa shape index (κ1) is 26.7. The lowest BCUT2D eigenvalue weighted by molar-refractivity contribution is 1.24. The van der Waals surface area contributed by atoms with Crippen molar-refractivity contribution in [3.63, 3.8) is 0 Å². The first-order chi connectivity index (χ1) is 22.0. The van der Waals surface area contributed by atoms with Crippen molar-refractivity contribution in [1.82, 2.24) is 34.9 Å². The van der Waals surface area contributed by atoms with E-state index in [0.717, 1.165) is 95.3 Å². The standard InChI is InChI=1S/C38H29N7/c1-22-12-15-39-33(18-22)36-27-6-4-25(42-27)21-26-5-7-28(43-26)37(34-19-23(2)13-16-40-34)30-9-11-32(45-30)38(31-10-8-29(36)44-31)35-20-24(3)14-17-41-35/h4-21,42,45H,1-3H3. The molecule has 8 heterocycles. The Hall–Kier alpha value is -5.95. The molecule has 0 amide bonds. The Balaban J connectivity index is 1.54. The molecule has 216 valence electrons. The number of aryl methyl sites for hydroxylation is 3. The Labute approximate surface area is 260 Å². The van der Waals surface area contributed by atoms with Crippen LogP contribution >= 0.6 is 0 Å². The maximum atomic E-state index is 5.25. The number of aromatic nitrogens is 7. The van der Waals surface area contributed by atoms with E-state index in [9.17, 15) is 0 Å². The van der Waals surface area contributed by atoms with Gasteiger partial charge >= 0.3 is 0 Å². The van der Waals surface area contributed by atoms with Gasteiger partial charge in [0.2, 0.25) is 0 Å². The fraction of sp³-hybridized carbons (Fsp3) is 0.0789. The SMILES string of the molecule is Cc1ccnc(-c2c3nc(c(-c4cc(C)ccn4)c4ccc([nH]4)c(-c4cc(C)ccn4)c4nc(cc5ccc2[nH]5)C=C4)C=C3)c1. The molecule has 7 heteroatoms. The van der Waals surface area contributed by atoms with E-state index in [4.69, 9.17) is 24.9 Å². The van der Waals surface area contributed by atoms with Crippen LogP contribution in [0, 0.1) is 20.8 Å². The fourth-order valence-corrected chi connectivity index (χ4v) is 5.97. The molecule has 0 unspecified atom stereocenters. The molecule has 6 aromatic heterocycles. The van der Waals surface area contributed by atoms with Gasteiger partial charge in [-0.25, -0.2) is 9.97 Å². The van der Waals surface area contributed by atoms with Gasteiger partial charge in [0.05, 0.1) is 56.4 Å². The van der Waals surface area contributed by atoms with Gasteiger partial charge in [-0.05, 0) is 128 Å². The highest BCUT2D eigenvalue weighted by Crippen LogP contribution is 2.35. The predicted molar refractivity (Wildman–Crippen MR) is 183 cm³/mol. The summed E-state index contributed by atoms with van der Waals surface area (Å²) < 4.78 is 0. The van der Waals surface area contributed by atoms with Crippen LogP contribution in [0.5, 0.6) is 0 Å². The minimum Gasteiger partial charge on any atom is -0.355 e. The zero-order valence-corrected chi connectivity index (χ0v) is 25.1. The monoisotopic (exact) mass is 583 g/mol. The number of nitrogens with one attached hydrogen (secondary N) is 2. The molecule has 8 bridgehead atoms. The number of fused-ring (bicyclic) bond motifs is 8. The average molecular weight is 584 g/mol. The number of H-pyrrole nitrogens is 2. The summed E-state index contributed by atoms with van der Waals surface area (Å²) in [7, 11) is 0. The lowest BCUT2D eigenvalue weighted by atomic mass is 10.1. The summed E-state index contributed by atoms with van der Waals surface area (Å²) >= 11 is 0. The van der Waals surface area contributed by atoms with Crippen LogP contribution in [0.1, 0.15) is 39.5 Å². The molecule has 7 nitrogen and oxygen atoms in total. The zero-order valence-electron chi connectivity index (χ0n) is 25.1. The van der Waals surface area contributed by atoms with Crippen LogP contribution in [0.3, 0.4) is 0 Å². The average Bonchev–Trinajstić information content (AvgIpc) is 3.84. The topological polar surface area (TPSA) is 96.0 Å². The van der Waals surface area contributed by atoms with Gasteiger partial charge in [-0.1, -0.05) is 0 Å². The van der Waals surface area contributed by atoms with Crippen molar-refractivity contribution in [3.8, 4) is 33.8 Å². The number of aromatic amines is 2. The molecular formula is C38H29N7. The summed E-state index contributed by atoms with van der Waals surface area (Å²) in [6.45, 7) is 6.23. The molecule has 8 rings (SSSR count). The van der Waals surface area contributed by atoms with Gasteiger partial charge in [0, 0.05) is 40.8 Å². The largest absolute Gasteiger partial charge is 0.355 e. The molecule has 0 radical (unpaired) electrons. The van der Waals surface area contributed by atoms with Crippen molar-refractivity contribution >= 4 is 46.4 Å². The van der Waals surface area contributed by atoms with E-state index >= 15 is 0 Å². The fourth-order valence-electron chi connectivity index (χ4n) is 5.97. The van der Waals surface area contributed by atoms with E-state index in [-0.39, 0.29) is 0 Å². The smallest absolute Gasteiger partial charge is 0.0753 e. The van der Waals surface area contributed by atoms with Gasteiger partial charge < -0.3 is 9.97 Å². The second kappa shape index (κ2) is 10.6. The summed E-state index contributed by atoms with van der Waals surface area (Å²) in [6, 6.07) is 22.7. The van der Waals surface area contributed by atoms with Gasteiger partial charge in [0.25, 0.3) is 0 Å². The molecule has 45 heavy (non-hydrogen) atoms. The van der Waals surface area contributed by atoms with Crippen LogP contribution < -0.4 is 0 Å². The quantitative estimate of drug-likeness (QED) is 0.217. The van der Waals surface area contributed by atoms with E-state index in [1.54, 1.807) is 0 Å². The number of nitrogens with zero attached hydrogens (tertiary/aromatic N) is 5. The first-order valence-corrected chi connectivity index (χ1v) is 14.9. The molecule has 0 aliphatic carbocycles. The Morgan fingerprint density at radius 1 is 0.444 bits per heavy atom. The van der Waals surface area contributed by atoms with Crippen molar-refractivity contribution in [1.29, 1.82) is 0 Å². The highest BCUT2D eigenvalue weighted by atomic mass is 14.8. The van der Waals surface area contributed by atoms with E-state index < -0.39 is 0 Å². The van der Waals surface area contributed by atoms with Crippen LogP contribution in [-0.4, -0.2) is 34.9 Å². The summed E-state index contributed by atoms with van der Waals surface area (Å²) in [6.07, 6.45) is 13.8. The Kier molecular flexibility index (Phi) is 6.31. The normalized spacial score (nSPS) is 12.2. The summed E-state index contributed by atoms with van der Waals surface area (Å²) in [4.78, 5) is 31.9. The molecule has 2 aliphatic heterocycles. The molecule has 2 N–H and O–H groups in total. The van der Waals surface area contributed by atoms with Crippen molar-refractivity contribution in [2.45, 2.75) is 20.8 Å². The summed E-state index contributed by atoms with van der Waals surface area (Å²) in [5, 5.41) is 0. The molecule has 0 aromatic carbocycles. The predicted octanol–water partition coefficient (Wildman–Crippen LogP) is 8.77.